The fourth-order valence-corrected chi connectivity index (χ4v) is 1.45. The van der Waals surface area contributed by atoms with E-state index < -0.39 is 0 Å². The third-order valence-corrected chi connectivity index (χ3v) is 1.93. The van der Waals surface area contributed by atoms with Crippen molar-refractivity contribution >= 4 is 6.08 Å². The molecule has 0 fully saturated rings. The molecule has 15 heavy (non-hydrogen) atoms. The molecule has 1 aromatic carbocycles. The molecule has 0 bridgehead atoms. The van der Waals surface area contributed by atoms with E-state index in [4.69, 9.17) is 5.11 Å². The number of hydrogen-bond acceptors (Lipinski definition) is 1. The maximum Gasteiger partial charge on any atom is 0.0483 e. The summed E-state index contributed by atoms with van der Waals surface area (Å²) in [5.74, 6) is 0. The van der Waals surface area contributed by atoms with Gasteiger partial charge in [0.1, 0.15) is 0 Å². The van der Waals surface area contributed by atoms with E-state index >= 15 is 0 Å². The molecule has 1 N–H and O–H groups in total. The summed E-state index contributed by atoms with van der Waals surface area (Å²) in [7, 11) is 0. The van der Waals surface area contributed by atoms with Gasteiger partial charge in [-0.2, -0.15) is 0 Å². The van der Waals surface area contributed by atoms with Crippen LogP contribution in [0.4, 0.5) is 0 Å². The van der Waals surface area contributed by atoms with Crippen LogP contribution in [0.5, 0.6) is 0 Å². The van der Waals surface area contributed by atoms with Crippen molar-refractivity contribution in [1.82, 2.24) is 0 Å². The van der Waals surface area contributed by atoms with E-state index in [0.717, 1.165) is 6.42 Å². The molecule has 0 aromatic heterocycles. The largest absolute Gasteiger partial charge is 0.394 e. The second-order valence-electron chi connectivity index (χ2n) is 3.96. The summed E-state index contributed by atoms with van der Waals surface area (Å²) in [4.78, 5) is 0. The maximum absolute atomic E-state index is 8.06. The SMILES string of the molecule is CC(C)O.CC1=Cc2ccccc2C1.[Ti]. The van der Waals surface area contributed by atoms with Gasteiger partial charge in [-0.15, -0.1) is 0 Å². The van der Waals surface area contributed by atoms with Crippen LogP contribution in [0.15, 0.2) is 29.8 Å². The van der Waals surface area contributed by atoms with Crippen molar-refractivity contribution in [3.63, 3.8) is 0 Å². The quantitative estimate of drug-likeness (QED) is 0.689. The zero-order valence-electron chi connectivity index (χ0n) is 9.62. The van der Waals surface area contributed by atoms with Gasteiger partial charge >= 0.3 is 0 Å². The molecule has 2 heteroatoms. The van der Waals surface area contributed by atoms with Crippen LogP contribution in [0, 0.1) is 0 Å². The Labute approximate surface area is 107 Å². The van der Waals surface area contributed by atoms with Gasteiger partial charge in [0.05, 0.1) is 0 Å². The molecular formula is C13H18OTi. The van der Waals surface area contributed by atoms with Crippen molar-refractivity contribution in [3.8, 4) is 0 Å². The van der Waals surface area contributed by atoms with Crippen molar-refractivity contribution in [2.24, 2.45) is 0 Å². The molecule has 0 saturated carbocycles. The molecule has 80 valence electrons. The molecule has 0 amide bonds. The van der Waals surface area contributed by atoms with Crippen LogP contribution in [0.3, 0.4) is 0 Å². The maximum atomic E-state index is 8.06. The normalized spacial score (nSPS) is 12.2. The first kappa shape index (κ1) is 14.6. The average molecular weight is 238 g/mol. The molecule has 1 aliphatic rings. The van der Waals surface area contributed by atoms with E-state index in [2.05, 4.69) is 37.3 Å². The molecule has 0 radical (unpaired) electrons. The first-order valence-corrected chi connectivity index (χ1v) is 5.02. The minimum atomic E-state index is -0.167. The number of rotatable bonds is 0. The zero-order chi connectivity index (χ0) is 10.6. The van der Waals surface area contributed by atoms with Crippen LogP contribution in [-0.4, -0.2) is 11.2 Å². The summed E-state index contributed by atoms with van der Waals surface area (Å²) in [5.41, 5.74) is 4.35. The Morgan fingerprint density at radius 1 is 1.20 bits per heavy atom. The number of aliphatic hydroxyl groups is 1. The Hall–Kier alpha value is -0.366. The molecule has 0 heterocycles. The second kappa shape index (κ2) is 7.00. The van der Waals surface area contributed by atoms with E-state index in [1.165, 1.54) is 16.7 Å². The monoisotopic (exact) mass is 238 g/mol. The Morgan fingerprint density at radius 3 is 2.27 bits per heavy atom. The molecule has 1 aromatic rings. The molecular weight excluding hydrogens is 220 g/mol. The zero-order valence-corrected chi connectivity index (χ0v) is 11.2. The molecule has 1 aliphatic carbocycles. The summed E-state index contributed by atoms with van der Waals surface area (Å²) >= 11 is 0. The average Bonchev–Trinajstić information content (AvgIpc) is 2.42. The molecule has 0 saturated heterocycles. The van der Waals surface area contributed by atoms with Gasteiger partial charge < -0.3 is 5.11 Å². The predicted molar refractivity (Wildman–Crippen MR) is 61.2 cm³/mol. The fraction of sp³-hybridized carbons (Fsp3) is 0.385. The van der Waals surface area contributed by atoms with Crippen LogP contribution in [0.25, 0.3) is 6.08 Å². The standard InChI is InChI=1S/C10H10.C3H8O.Ti/c1-8-6-9-4-2-3-5-10(9)7-8;1-3(2)4;/h2-6H,7H2,1H3;3-4H,1-2H3;. The van der Waals surface area contributed by atoms with Gasteiger partial charge in [-0.25, -0.2) is 0 Å². The second-order valence-corrected chi connectivity index (χ2v) is 3.96. The van der Waals surface area contributed by atoms with E-state index in [9.17, 15) is 0 Å². The summed E-state index contributed by atoms with van der Waals surface area (Å²) in [6.07, 6.45) is 3.24. The Kier molecular flexibility index (Phi) is 6.83. The number of aliphatic hydroxyl groups excluding tert-OH is 1. The van der Waals surface area contributed by atoms with Crippen molar-refractivity contribution < 1.29 is 26.8 Å². The van der Waals surface area contributed by atoms with Gasteiger partial charge in [0.2, 0.25) is 0 Å². The third kappa shape index (κ3) is 5.31. The Balaban J connectivity index is 0.000000346. The number of allylic oxidation sites excluding steroid dienone is 1. The van der Waals surface area contributed by atoms with Crippen molar-refractivity contribution in [2.45, 2.75) is 33.3 Å². The molecule has 0 atom stereocenters. The first-order valence-electron chi connectivity index (χ1n) is 5.02. The van der Waals surface area contributed by atoms with Crippen LogP contribution in [0.1, 0.15) is 31.9 Å². The smallest absolute Gasteiger partial charge is 0.0483 e. The predicted octanol–water partition coefficient (Wildman–Crippen LogP) is 3.03. The summed E-state index contributed by atoms with van der Waals surface area (Å²) in [5, 5.41) is 8.06. The molecule has 2 rings (SSSR count). The minimum absolute atomic E-state index is 0. The minimum Gasteiger partial charge on any atom is -0.394 e. The van der Waals surface area contributed by atoms with E-state index in [-0.39, 0.29) is 27.8 Å². The molecule has 0 unspecified atom stereocenters. The van der Waals surface area contributed by atoms with E-state index in [1.807, 2.05) is 0 Å². The van der Waals surface area contributed by atoms with Gasteiger partial charge in [-0.3, -0.25) is 0 Å². The van der Waals surface area contributed by atoms with Crippen LogP contribution >= 0.6 is 0 Å². The first-order chi connectivity index (χ1) is 6.59. The van der Waals surface area contributed by atoms with Gasteiger partial charge in [0, 0.05) is 27.8 Å². The molecule has 0 spiro atoms. The van der Waals surface area contributed by atoms with Crippen molar-refractivity contribution in [2.75, 3.05) is 0 Å². The molecule has 0 aliphatic heterocycles. The van der Waals surface area contributed by atoms with Crippen molar-refractivity contribution in [1.29, 1.82) is 0 Å². The third-order valence-electron chi connectivity index (χ3n) is 1.93. The van der Waals surface area contributed by atoms with Crippen LogP contribution < -0.4 is 0 Å². The van der Waals surface area contributed by atoms with Gasteiger partial charge in [0.15, 0.2) is 0 Å². The van der Waals surface area contributed by atoms with Crippen molar-refractivity contribution in [3.05, 3.63) is 41.0 Å². The van der Waals surface area contributed by atoms with Crippen LogP contribution in [0.2, 0.25) is 0 Å². The number of fused-ring (bicyclic) bond motifs is 1. The fourth-order valence-electron chi connectivity index (χ4n) is 1.45. The Bertz CT molecular complexity index is 326. The summed E-state index contributed by atoms with van der Waals surface area (Å²) in [6.45, 7) is 5.62. The summed E-state index contributed by atoms with van der Waals surface area (Å²) < 4.78 is 0. The summed E-state index contributed by atoms with van der Waals surface area (Å²) in [6, 6.07) is 8.56. The number of benzene rings is 1. The molecule has 1 nitrogen and oxygen atoms in total. The Morgan fingerprint density at radius 2 is 1.73 bits per heavy atom. The topological polar surface area (TPSA) is 20.2 Å². The van der Waals surface area contributed by atoms with Gasteiger partial charge in [-0.05, 0) is 38.3 Å². The van der Waals surface area contributed by atoms with Gasteiger partial charge in [0.25, 0.3) is 0 Å². The van der Waals surface area contributed by atoms with Gasteiger partial charge in [-0.1, -0.05) is 35.9 Å². The van der Waals surface area contributed by atoms with Crippen LogP contribution in [-0.2, 0) is 28.1 Å². The van der Waals surface area contributed by atoms with E-state index in [0.29, 0.717) is 0 Å². The number of hydrogen-bond donors (Lipinski definition) is 1. The van der Waals surface area contributed by atoms with E-state index in [1.54, 1.807) is 13.8 Å².